The molecule has 0 radical (unpaired) electrons. The summed E-state index contributed by atoms with van der Waals surface area (Å²) in [5.74, 6) is -2.09. The number of ether oxygens (including phenoxy) is 1. The zero-order valence-electron chi connectivity index (χ0n) is 18.2. The van der Waals surface area contributed by atoms with Crippen LogP contribution in [-0.2, 0) is 14.3 Å². The summed E-state index contributed by atoms with van der Waals surface area (Å²) >= 11 is 0. The Morgan fingerprint density at radius 3 is 2.24 bits per heavy atom. The predicted octanol–water partition coefficient (Wildman–Crippen LogP) is 2.50. The molecule has 8 nitrogen and oxygen atoms in total. The number of carboxylic acids is 1. The molecule has 174 valence electrons. The van der Waals surface area contributed by atoms with Crippen molar-refractivity contribution in [3.63, 3.8) is 0 Å². The first-order valence-electron chi connectivity index (χ1n) is 11.2. The molecule has 1 unspecified atom stereocenters. The van der Waals surface area contributed by atoms with Crippen molar-refractivity contribution in [3.8, 4) is 11.1 Å². The number of benzene rings is 2. The van der Waals surface area contributed by atoms with E-state index in [1.165, 1.54) is 0 Å². The van der Waals surface area contributed by atoms with E-state index in [-0.39, 0.29) is 36.8 Å². The molecule has 8 heteroatoms. The van der Waals surface area contributed by atoms with Crippen LogP contribution >= 0.6 is 0 Å². The SMILES string of the molecule is O=C(NC[C@H]1CCC[C@H]1C(=O)NCC(O)C(=O)O)OCC1c2ccccc2-c2ccccc21. The minimum Gasteiger partial charge on any atom is -0.479 e. The standard InChI is InChI=1S/C25H28N2O6/c28-22(24(30)31)13-26-23(29)16-11-5-6-15(16)12-27-25(32)33-14-21-19-9-3-1-7-17(19)18-8-2-4-10-20(18)21/h1-4,7-10,15-16,21-22,28H,5-6,11-14H2,(H,26,29)(H,27,32)(H,30,31)/t15-,16-,22?/m1/s1. The monoisotopic (exact) mass is 452 g/mol. The van der Waals surface area contributed by atoms with Gasteiger partial charge >= 0.3 is 12.1 Å². The van der Waals surface area contributed by atoms with E-state index in [0.717, 1.165) is 35.1 Å². The number of carbonyl (C=O) groups is 3. The lowest BCUT2D eigenvalue weighted by atomic mass is 9.95. The minimum absolute atomic E-state index is 0.0196. The fraction of sp³-hybridized carbons (Fsp3) is 0.400. The van der Waals surface area contributed by atoms with Gasteiger partial charge in [-0.1, -0.05) is 55.0 Å². The van der Waals surface area contributed by atoms with Gasteiger partial charge in [-0.3, -0.25) is 4.79 Å². The molecular weight excluding hydrogens is 424 g/mol. The first-order valence-corrected chi connectivity index (χ1v) is 11.2. The normalized spacial score (nSPS) is 19.9. The first kappa shape index (κ1) is 22.8. The quantitative estimate of drug-likeness (QED) is 0.488. The van der Waals surface area contributed by atoms with Gasteiger partial charge in [0.25, 0.3) is 0 Å². The summed E-state index contributed by atoms with van der Waals surface area (Å²) in [7, 11) is 0. The van der Waals surface area contributed by atoms with Gasteiger partial charge < -0.3 is 25.6 Å². The van der Waals surface area contributed by atoms with Gasteiger partial charge in [-0.15, -0.1) is 0 Å². The molecule has 2 aromatic carbocycles. The van der Waals surface area contributed by atoms with E-state index in [9.17, 15) is 19.5 Å². The Kier molecular flexibility index (Phi) is 6.93. The molecule has 4 rings (SSSR count). The number of aliphatic hydroxyl groups is 1. The van der Waals surface area contributed by atoms with Gasteiger partial charge in [-0.05, 0) is 41.0 Å². The predicted molar refractivity (Wildman–Crippen MR) is 121 cm³/mol. The van der Waals surface area contributed by atoms with Crippen LogP contribution in [0.25, 0.3) is 11.1 Å². The lowest BCUT2D eigenvalue weighted by Gasteiger charge is -2.20. The molecule has 2 aliphatic rings. The van der Waals surface area contributed by atoms with Crippen molar-refractivity contribution < 1.29 is 29.3 Å². The van der Waals surface area contributed by atoms with E-state index in [1.807, 2.05) is 24.3 Å². The van der Waals surface area contributed by atoms with Gasteiger partial charge in [-0.2, -0.15) is 0 Å². The van der Waals surface area contributed by atoms with E-state index in [2.05, 4.69) is 34.9 Å². The summed E-state index contributed by atoms with van der Waals surface area (Å²) in [6, 6.07) is 16.2. The molecule has 1 saturated carbocycles. The molecule has 33 heavy (non-hydrogen) atoms. The molecule has 2 amide bonds. The largest absolute Gasteiger partial charge is 0.479 e. The van der Waals surface area contributed by atoms with Gasteiger partial charge in [0.1, 0.15) is 6.61 Å². The van der Waals surface area contributed by atoms with Crippen LogP contribution in [0.2, 0.25) is 0 Å². The van der Waals surface area contributed by atoms with Crippen molar-refractivity contribution in [2.45, 2.75) is 31.3 Å². The second-order valence-corrected chi connectivity index (χ2v) is 8.60. The summed E-state index contributed by atoms with van der Waals surface area (Å²) in [6.07, 6.45) is 0.128. The highest BCUT2D eigenvalue weighted by atomic mass is 16.5. The molecule has 4 N–H and O–H groups in total. The number of alkyl carbamates (subject to hydrolysis) is 1. The molecule has 1 fully saturated rings. The van der Waals surface area contributed by atoms with Gasteiger partial charge in [0.2, 0.25) is 5.91 Å². The summed E-state index contributed by atoms with van der Waals surface area (Å²) in [5, 5.41) is 23.3. The molecule has 2 aromatic rings. The average Bonchev–Trinajstić information content (AvgIpc) is 3.42. The fourth-order valence-corrected chi connectivity index (χ4v) is 4.91. The lowest BCUT2D eigenvalue weighted by molar-refractivity contribution is -0.146. The third-order valence-corrected chi connectivity index (χ3v) is 6.60. The average molecular weight is 453 g/mol. The molecule has 0 bridgehead atoms. The van der Waals surface area contributed by atoms with Crippen LogP contribution in [0.1, 0.15) is 36.3 Å². The Bertz CT molecular complexity index is 994. The number of carboxylic acid groups (broad SMARTS) is 1. The summed E-state index contributed by atoms with van der Waals surface area (Å²) in [5.41, 5.74) is 4.61. The van der Waals surface area contributed by atoms with E-state index < -0.39 is 18.2 Å². The number of aliphatic carboxylic acids is 1. The number of hydrogen-bond acceptors (Lipinski definition) is 5. The fourth-order valence-electron chi connectivity index (χ4n) is 4.91. The maximum Gasteiger partial charge on any atom is 0.407 e. The lowest BCUT2D eigenvalue weighted by Crippen LogP contribution is -2.42. The van der Waals surface area contributed by atoms with Crippen molar-refractivity contribution >= 4 is 18.0 Å². The maximum absolute atomic E-state index is 12.4. The Morgan fingerprint density at radius 1 is 0.970 bits per heavy atom. The number of nitrogens with one attached hydrogen (secondary N) is 2. The van der Waals surface area contributed by atoms with Crippen LogP contribution in [-0.4, -0.2) is 54.0 Å². The van der Waals surface area contributed by atoms with Crippen molar-refractivity contribution in [2.24, 2.45) is 11.8 Å². The van der Waals surface area contributed by atoms with Crippen molar-refractivity contribution in [3.05, 3.63) is 59.7 Å². The summed E-state index contributed by atoms with van der Waals surface area (Å²) in [4.78, 5) is 35.5. The highest BCUT2D eigenvalue weighted by Gasteiger charge is 2.34. The maximum atomic E-state index is 12.4. The van der Waals surface area contributed by atoms with Crippen molar-refractivity contribution in [2.75, 3.05) is 19.7 Å². The van der Waals surface area contributed by atoms with Crippen LogP contribution in [0, 0.1) is 11.8 Å². The Hall–Kier alpha value is -3.39. The van der Waals surface area contributed by atoms with E-state index in [4.69, 9.17) is 9.84 Å². The number of hydrogen-bond donors (Lipinski definition) is 4. The van der Waals surface area contributed by atoms with E-state index in [0.29, 0.717) is 13.0 Å². The zero-order valence-corrected chi connectivity index (χ0v) is 18.2. The van der Waals surface area contributed by atoms with Gasteiger partial charge in [-0.25, -0.2) is 9.59 Å². The third-order valence-electron chi connectivity index (χ3n) is 6.60. The number of aliphatic hydroxyl groups excluding tert-OH is 1. The van der Waals surface area contributed by atoms with Gasteiger partial charge in [0.05, 0.1) is 6.54 Å². The highest BCUT2D eigenvalue weighted by molar-refractivity contribution is 5.81. The molecule has 0 spiro atoms. The highest BCUT2D eigenvalue weighted by Crippen LogP contribution is 2.44. The molecule has 3 atom stereocenters. The molecule has 0 aromatic heterocycles. The van der Waals surface area contributed by atoms with Gasteiger partial charge in [0.15, 0.2) is 6.10 Å². The number of amides is 2. The van der Waals surface area contributed by atoms with Crippen LogP contribution in [0.5, 0.6) is 0 Å². The zero-order chi connectivity index (χ0) is 23.4. The second-order valence-electron chi connectivity index (χ2n) is 8.60. The molecular formula is C25H28N2O6. The summed E-state index contributed by atoms with van der Waals surface area (Å²) in [6.45, 7) is 0.189. The van der Waals surface area contributed by atoms with Crippen LogP contribution in [0.15, 0.2) is 48.5 Å². The van der Waals surface area contributed by atoms with Crippen LogP contribution < -0.4 is 10.6 Å². The van der Waals surface area contributed by atoms with Gasteiger partial charge in [0, 0.05) is 18.4 Å². The van der Waals surface area contributed by atoms with Crippen molar-refractivity contribution in [1.82, 2.24) is 10.6 Å². The number of fused-ring (bicyclic) bond motifs is 3. The topological polar surface area (TPSA) is 125 Å². The Morgan fingerprint density at radius 2 is 1.61 bits per heavy atom. The van der Waals surface area contributed by atoms with Crippen LogP contribution in [0.3, 0.4) is 0 Å². The van der Waals surface area contributed by atoms with Crippen molar-refractivity contribution in [1.29, 1.82) is 0 Å². The molecule has 0 saturated heterocycles. The summed E-state index contributed by atoms with van der Waals surface area (Å²) < 4.78 is 5.55. The number of carbonyl (C=O) groups excluding carboxylic acids is 2. The number of rotatable bonds is 8. The van der Waals surface area contributed by atoms with Crippen LogP contribution in [0.4, 0.5) is 4.79 Å². The minimum atomic E-state index is -1.63. The van der Waals surface area contributed by atoms with E-state index in [1.54, 1.807) is 0 Å². The molecule has 0 heterocycles. The molecule has 2 aliphatic carbocycles. The smallest absolute Gasteiger partial charge is 0.407 e. The first-order chi connectivity index (χ1) is 16.0. The molecule has 0 aliphatic heterocycles. The second kappa shape index (κ2) is 10.0. The third kappa shape index (κ3) is 5.01. The Balaban J connectivity index is 1.28. The van der Waals surface area contributed by atoms with E-state index >= 15 is 0 Å². The Labute approximate surface area is 192 Å².